The summed E-state index contributed by atoms with van der Waals surface area (Å²) in [5.41, 5.74) is -0.890. The van der Waals surface area contributed by atoms with E-state index >= 15 is 0 Å². The highest BCUT2D eigenvalue weighted by molar-refractivity contribution is 8.17. The zero-order chi connectivity index (χ0) is 11.0. The maximum Gasteiger partial charge on any atom is 0.372 e. The van der Waals surface area contributed by atoms with Gasteiger partial charge in [-0.3, -0.25) is 0 Å². The largest absolute Gasteiger partial charge is 0.445 e. The van der Waals surface area contributed by atoms with Crippen molar-refractivity contribution in [3.05, 3.63) is 11.0 Å². The second-order valence-corrected chi connectivity index (χ2v) is 5.35. The van der Waals surface area contributed by atoms with Gasteiger partial charge in [-0.1, -0.05) is 20.8 Å². The molecule has 1 fully saturated rings. The molecule has 0 radical (unpaired) electrons. The average molecular weight is 211 g/mol. The SMILES string of the molecule is CC(C)(C)C1(C)OC(=O)SC1=CC#N. The van der Waals surface area contributed by atoms with Crippen molar-refractivity contribution in [2.45, 2.75) is 33.3 Å². The van der Waals surface area contributed by atoms with E-state index in [2.05, 4.69) is 0 Å². The number of allylic oxidation sites excluding steroid dienone is 1. The van der Waals surface area contributed by atoms with Crippen LogP contribution in [0.3, 0.4) is 0 Å². The summed E-state index contributed by atoms with van der Waals surface area (Å²) in [5, 5.41) is 8.27. The maximum absolute atomic E-state index is 11.2. The third kappa shape index (κ3) is 1.64. The van der Waals surface area contributed by atoms with Crippen LogP contribution >= 0.6 is 11.8 Å². The molecule has 1 aliphatic heterocycles. The Kier molecular flexibility index (Phi) is 2.64. The van der Waals surface area contributed by atoms with Crippen LogP contribution in [-0.4, -0.2) is 10.9 Å². The minimum absolute atomic E-state index is 0.213. The average Bonchev–Trinajstić information content (AvgIpc) is 2.27. The van der Waals surface area contributed by atoms with Crippen molar-refractivity contribution >= 4 is 17.1 Å². The molecule has 1 rings (SSSR count). The van der Waals surface area contributed by atoms with Crippen LogP contribution in [0.15, 0.2) is 11.0 Å². The van der Waals surface area contributed by atoms with Crippen molar-refractivity contribution in [2.75, 3.05) is 0 Å². The van der Waals surface area contributed by atoms with Gasteiger partial charge in [0.15, 0.2) is 0 Å². The fourth-order valence-corrected chi connectivity index (χ4v) is 2.22. The van der Waals surface area contributed by atoms with E-state index in [4.69, 9.17) is 10.00 Å². The summed E-state index contributed by atoms with van der Waals surface area (Å²) in [6.45, 7) is 7.79. The van der Waals surface area contributed by atoms with E-state index in [1.807, 2.05) is 33.8 Å². The van der Waals surface area contributed by atoms with Crippen molar-refractivity contribution in [1.82, 2.24) is 0 Å². The molecule has 0 N–H and O–H groups in total. The Morgan fingerprint density at radius 1 is 1.57 bits per heavy atom. The summed E-state index contributed by atoms with van der Waals surface area (Å²) in [6, 6.07) is 1.94. The number of hydrogen-bond donors (Lipinski definition) is 0. The lowest BCUT2D eigenvalue weighted by atomic mass is 9.77. The second-order valence-electron chi connectivity index (χ2n) is 4.38. The molecular formula is C10H13NO2S. The van der Waals surface area contributed by atoms with Crippen molar-refractivity contribution in [3.8, 4) is 6.07 Å². The fraction of sp³-hybridized carbons (Fsp3) is 0.600. The number of ether oxygens (including phenoxy) is 1. The van der Waals surface area contributed by atoms with Gasteiger partial charge in [-0.2, -0.15) is 5.26 Å². The molecule has 1 saturated heterocycles. The molecule has 0 spiro atoms. The van der Waals surface area contributed by atoms with Crippen LogP contribution in [0.2, 0.25) is 0 Å². The number of carbonyl (C=O) groups excluding carboxylic acids is 1. The summed E-state index contributed by atoms with van der Waals surface area (Å²) in [4.78, 5) is 11.9. The summed E-state index contributed by atoms with van der Waals surface area (Å²) in [6.07, 6.45) is 1.39. The molecule has 4 heteroatoms. The van der Waals surface area contributed by atoms with Crippen LogP contribution in [0.4, 0.5) is 4.79 Å². The van der Waals surface area contributed by atoms with Gasteiger partial charge in [0, 0.05) is 11.5 Å². The van der Waals surface area contributed by atoms with E-state index in [-0.39, 0.29) is 10.7 Å². The van der Waals surface area contributed by atoms with Gasteiger partial charge in [0.05, 0.1) is 11.0 Å². The number of thioether (sulfide) groups is 1. The number of cyclic esters (lactones) is 1. The second kappa shape index (κ2) is 3.32. The Morgan fingerprint density at radius 2 is 2.14 bits per heavy atom. The smallest absolute Gasteiger partial charge is 0.372 e. The molecule has 1 atom stereocenters. The van der Waals surface area contributed by atoms with Crippen LogP contribution in [0.1, 0.15) is 27.7 Å². The minimum atomic E-state index is -0.676. The summed E-state index contributed by atoms with van der Waals surface area (Å²) in [7, 11) is 0. The highest BCUT2D eigenvalue weighted by atomic mass is 32.2. The molecule has 0 aliphatic carbocycles. The van der Waals surface area contributed by atoms with Crippen LogP contribution in [-0.2, 0) is 4.74 Å². The molecule has 0 aromatic rings. The maximum atomic E-state index is 11.2. The Labute approximate surface area is 88.1 Å². The molecule has 1 aliphatic rings. The van der Waals surface area contributed by atoms with Crippen molar-refractivity contribution in [3.63, 3.8) is 0 Å². The van der Waals surface area contributed by atoms with Gasteiger partial charge in [-0.05, 0) is 18.7 Å². The lowest BCUT2D eigenvalue weighted by Crippen LogP contribution is -2.40. The van der Waals surface area contributed by atoms with E-state index in [1.165, 1.54) is 6.08 Å². The van der Waals surface area contributed by atoms with Gasteiger partial charge in [-0.25, -0.2) is 4.79 Å². The van der Waals surface area contributed by atoms with Crippen LogP contribution in [0, 0.1) is 16.7 Å². The molecule has 0 aromatic carbocycles. The van der Waals surface area contributed by atoms with Gasteiger partial charge in [0.1, 0.15) is 5.60 Å². The molecule has 0 bridgehead atoms. The third-order valence-corrected chi connectivity index (χ3v) is 3.56. The van der Waals surface area contributed by atoms with Gasteiger partial charge >= 0.3 is 5.30 Å². The Morgan fingerprint density at radius 3 is 2.57 bits per heavy atom. The van der Waals surface area contributed by atoms with Gasteiger partial charge in [0.25, 0.3) is 0 Å². The van der Waals surface area contributed by atoms with E-state index in [0.29, 0.717) is 4.91 Å². The topological polar surface area (TPSA) is 50.1 Å². The van der Waals surface area contributed by atoms with Crippen molar-refractivity contribution in [2.24, 2.45) is 5.41 Å². The third-order valence-electron chi connectivity index (χ3n) is 2.58. The van der Waals surface area contributed by atoms with Crippen LogP contribution < -0.4 is 0 Å². The van der Waals surface area contributed by atoms with Gasteiger partial charge < -0.3 is 4.74 Å². The number of hydrogen-bond acceptors (Lipinski definition) is 4. The first kappa shape index (κ1) is 11.1. The first-order valence-electron chi connectivity index (χ1n) is 4.32. The summed E-state index contributed by atoms with van der Waals surface area (Å²) < 4.78 is 5.28. The number of nitriles is 1. The number of nitrogens with zero attached hydrogens (tertiary/aromatic N) is 1. The number of carbonyl (C=O) groups is 1. The highest BCUT2D eigenvalue weighted by Gasteiger charge is 2.50. The zero-order valence-electron chi connectivity index (χ0n) is 8.75. The molecular weight excluding hydrogens is 198 g/mol. The molecule has 1 heterocycles. The van der Waals surface area contributed by atoms with Gasteiger partial charge in [-0.15, -0.1) is 0 Å². The van der Waals surface area contributed by atoms with E-state index in [0.717, 1.165) is 11.8 Å². The van der Waals surface area contributed by atoms with Crippen molar-refractivity contribution in [1.29, 1.82) is 5.26 Å². The van der Waals surface area contributed by atoms with E-state index in [9.17, 15) is 4.79 Å². The predicted octanol–water partition coefficient (Wildman–Crippen LogP) is 3.08. The summed E-state index contributed by atoms with van der Waals surface area (Å²) >= 11 is 1.00. The molecule has 0 saturated carbocycles. The first-order chi connectivity index (χ1) is 6.31. The Bertz CT molecular complexity index is 335. The molecule has 14 heavy (non-hydrogen) atoms. The molecule has 76 valence electrons. The molecule has 0 amide bonds. The predicted molar refractivity (Wildman–Crippen MR) is 55.6 cm³/mol. The normalized spacial score (nSPS) is 30.2. The monoisotopic (exact) mass is 211 g/mol. The lowest BCUT2D eigenvalue weighted by molar-refractivity contribution is 0.000844. The van der Waals surface area contributed by atoms with Crippen LogP contribution in [0.25, 0.3) is 0 Å². The molecule has 0 aromatic heterocycles. The Hall–Kier alpha value is -0.950. The Balaban J connectivity index is 3.16. The summed E-state index contributed by atoms with van der Waals surface area (Å²) in [5.74, 6) is 0. The standard InChI is InChI=1S/C10H13NO2S/c1-9(2,3)10(4)7(5-6-11)14-8(12)13-10/h5H,1-4H3. The lowest BCUT2D eigenvalue weighted by Gasteiger charge is -2.36. The number of rotatable bonds is 0. The van der Waals surface area contributed by atoms with Crippen molar-refractivity contribution < 1.29 is 9.53 Å². The van der Waals surface area contributed by atoms with E-state index in [1.54, 1.807) is 0 Å². The molecule has 1 unspecified atom stereocenters. The van der Waals surface area contributed by atoms with Crippen LogP contribution in [0.5, 0.6) is 0 Å². The van der Waals surface area contributed by atoms with E-state index < -0.39 is 5.60 Å². The fourth-order valence-electron chi connectivity index (χ4n) is 1.17. The highest BCUT2D eigenvalue weighted by Crippen LogP contribution is 2.50. The first-order valence-corrected chi connectivity index (χ1v) is 5.14. The van der Waals surface area contributed by atoms with Gasteiger partial charge in [0.2, 0.25) is 0 Å². The quantitative estimate of drug-likeness (QED) is 0.456. The zero-order valence-corrected chi connectivity index (χ0v) is 9.57. The molecule has 3 nitrogen and oxygen atoms in total. The minimum Gasteiger partial charge on any atom is -0.445 e.